The average Bonchev–Trinajstić information content (AvgIpc) is 2.84. The van der Waals surface area contributed by atoms with E-state index in [1.807, 2.05) is 0 Å². The van der Waals surface area contributed by atoms with Crippen molar-refractivity contribution < 1.29 is 41.9 Å². The first-order valence-corrected chi connectivity index (χ1v) is 13.0. The number of nitrogens with zero attached hydrogens (tertiary/aromatic N) is 3. The number of hydrogen-bond donors (Lipinski definition) is 6. The quantitative estimate of drug-likeness (QED) is 0.263. The van der Waals surface area contributed by atoms with E-state index in [1.165, 1.54) is 10.9 Å². The Hall–Kier alpha value is -1.05. The molecule has 0 spiro atoms. The Kier molecular flexibility index (Phi) is 6.94. The van der Waals surface area contributed by atoms with Gasteiger partial charge in [0, 0.05) is 11.8 Å². The van der Waals surface area contributed by atoms with E-state index in [9.17, 15) is 23.4 Å². The molecule has 15 nitrogen and oxygen atoms in total. The molecule has 0 saturated carbocycles. The number of aromatic amines is 1. The zero-order valence-corrected chi connectivity index (χ0v) is 17.5. The first kappa shape index (κ1) is 23.2. The fraction of sp³-hybridized carbons (Fsp3) is 0.444. The van der Waals surface area contributed by atoms with E-state index >= 15 is 0 Å². The minimum atomic E-state index is -5.46. The van der Waals surface area contributed by atoms with Crippen molar-refractivity contribution in [3.05, 3.63) is 16.7 Å². The van der Waals surface area contributed by atoms with Crippen LogP contribution in [0.3, 0.4) is 0 Å². The van der Waals surface area contributed by atoms with E-state index in [-0.39, 0.29) is 23.7 Å². The average molecular weight is 479 g/mol. The van der Waals surface area contributed by atoms with Gasteiger partial charge >= 0.3 is 23.2 Å². The summed E-state index contributed by atoms with van der Waals surface area (Å²) in [5, 5.41) is -0.399. The number of H-pyrrole nitrogens is 1. The fourth-order valence-corrected chi connectivity index (χ4v) is 7.39. The van der Waals surface area contributed by atoms with E-state index in [0.717, 1.165) is 11.8 Å². The monoisotopic (exact) mass is 479 g/mol. The molecule has 0 aliphatic carbocycles. The molecule has 3 atom stereocenters. The van der Waals surface area contributed by atoms with Gasteiger partial charge in [-0.2, -0.15) is 9.29 Å². The number of thioether (sulfide) groups is 1. The van der Waals surface area contributed by atoms with Crippen molar-refractivity contribution >= 4 is 52.1 Å². The molecule has 0 aliphatic heterocycles. The maximum Gasteiger partial charge on any atom is 0.488 e. The lowest BCUT2D eigenvalue weighted by molar-refractivity contribution is 0.223. The van der Waals surface area contributed by atoms with Gasteiger partial charge in [0.1, 0.15) is 0 Å². The van der Waals surface area contributed by atoms with Gasteiger partial charge in [-0.15, -0.1) is 11.8 Å². The zero-order chi connectivity index (χ0) is 21.3. The predicted molar refractivity (Wildman–Crippen MR) is 98.3 cm³/mol. The molecule has 28 heavy (non-hydrogen) atoms. The highest BCUT2D eigenvalue weighted by Crippen LogP contribution is 2.66. The van der Waals surface area contributed by atoms with Crippen molar-refractivity contribution in [2.24, 2.45) is 0 Å². The van der Waals surface area contributed by atoms with Crippen molar-refractivity contribution in [3.8, 4) is 0 Å². The van der Waals surface area contributed by atoms with Crippen LogP contribution >= 0.6 is 35.0 Å². The van der Waals surface area contributed by atoms with Gasteiger partial charge < -0.3 is 29.9 Å². The molecular formula is C9H16N5O10P3S. The van der Waals surface area contributed by atoms with Gasteiger partial charge in [-0.25, -0.2) is 18.4 Å². The largest absolute Gasteiger partial charge is 0.488 e. The highest BCUT2D eigenvalue weighted by molar-refractivity contribution is 8.05. The Morgan fingerprint density at radius 3 is 2.54 bits per heavy atom. The molecule has 2 aromatic heterocycles. The normalized spacial score (nSPS) is 17.9. The molecule has 0 aliphatic rings. The van der Waals surface area contributed by atoms with Crippen LogP contribution in [0.4, 0.5) is 5.95 Å². The number of rotatable bonds is 9. The molecule has 2 unspecified atom stereocenters. The molecule has 0 fully saturated rings. The van der Waals surface area contributed by atoms with Crippen molar-refractivity contribution in [3.63, 3.8) is 0 Å². The van der Waals surface area contributed by atoms with Crippen molar-refractivity contribution in [2.45, 2.75) is 18.7 Å². The lowest BCUT2D eigenvalue weighted by Gasteiger charge is -2.18. The Morgan fingerprint density at radius 2 is 1.93 bits per heavy atom. The van der Waals surface area contributed by atoms with Gasteiger partial charge in [0.2, 0.25) is 5.95 Å². The number of nitrogens with two attached hydrogens (primary N) is 1. The number of nitrogen functional groups attached to an aromatic ring is 1. The molecule has 158 valence electrons. The molecule has 0 amide bonds. The molecule has 0 radical (unpaired) electrons. The molecule has 0 saturated heterocycles. The molecule has 19 heteroatoms. The van der Waals surface area contributed by atoms with Crippen LogP contribution in [0.5, 0.6) is 0 Å². The molecule has 7 N–H and O–H groups in total. The van der Waals surface area contributed by atoms with Crippen molar-refractivity contribution in [1.29, 1.82) is 0 Å². The van der Waals surface area contributed by atoms with Crippen LogP contribution in [-0.2, 0) is 28.9 Å². The van der Waals surface area contributed by atoms with E-state index < -0.39 is 39.5 Å². The molecular weight excluding hydrogens is 463 g/mol. The Morgan fingerprint density at radius 1 is 1.29 bits per heavy atom. The van der Waals surface area contributed by atoms with Crippen LogP contribution in [-0.4, -0.2) is 49.8 Å². The second-order valence-electron chi connectivity index (χ2n) is 5.39. The number of nitrogens with one attached hydrogen (secondary N) is 1. The van der Waals surface area contributed by atoms with Gasteiger partial charge in [-0.3, -0.25) is 14.3 Å². The van der Waals surface area contributed by atoms with Gasteiger partial charge in [0.25, 0.3) is 5.56 Å². The summed E-state index contributed by atoms with van der Waals surface area (Å²) in [6.07, 6.45) is 1.33. The number of aromatic nitrogens is 4. The molecule has 0 aromatic carbocycles. The van der Waals surface area contributed by atoms with E-state index in [0.29, 0.717) is 0 Å². The van der Waals surface area contributed by atoms with Gasteiger partial charge in [0.15, 0.2) is 11.2 Å². The number of phosphoric acid groups is 2. The summed E-state index contributed by atoms with van der Waals surface area (Å²) in [6.45, 7) is 1.81. The summed E-state index contributed by atoms with van der Waals surface area (Å²) in [6, 6.07) is 0. The first-order valence-electron chi connectivity index (χ1n) is 7.12. The van der Waals surface area contributed by atoms with Gasteiger partial charge in [0.05, 0.1) is 11.8 Å². The van der Waals surface area contributed by atoms with Crippen LogP contribution in [0.25, 0.3) is 11.2 Å². The summed E-state index contributed by atoms with van der Waals surface area (Å²) in [7, 11) is -15.6. The smallest absolute Gasteiger partial charge is 0.369 e. The summed E-state index contributed by atoms with van der Waals surface area (Å²) in [4.78, 5) is 57.6. The van der Waals surface area contributed by atoms with Crippen LogP contribution in [0.2, 0.25) is 0 Å². The van der Waals surface area contributed by atoms with Crippen molar-refractivity contribution in [1.82, 2.24) is 19.5 Å². The van der Waals surface area contributed by atoms with E-state index in [4.69, 9.17) is 20.4 Å². The third kappa shape index (κ3) is 6.78. The molecule has 0 bridgehead atoms. The highest BCUT2D eigenvalue weighted by atomic mass is 32.2. The second-order valence-corrected chi connectivity index (χ2v) is 12.1. The first-order chi connectivity index (χ1) is 12.7. The standard InChI is InChI=1S/C9H16N5O10P3S/c1-5(2-14-3-11-6-7(14)12-9(10)13-8(6)15)28-4-25(16,17)23-27(21,22)24-26(18,19)20/h3,5H,2,4H2,1H3,(H,16,17)(H,21,22)(H2,18,19,20)(H3,10,12,13,15)/t5-/m0/s1. The Balaban J connectivity index is 2.01. The van der Waals surface area contributed by atoms with Crippen molar-refractivity contribution in [2.75, 3.05) is 11.2 Å². The number of hydrogen-bond acceptors (Lipinski definition) is 10. The summed E-state index contributed by atoms with van der Waals surface area (Å²) >= 11 is 0.844. The highest BCUT2D eigenvalue weighted by Gasteiger charge is 2.39. The maximum atomic E-state index is 11.9. The fourth-order valence-electron chi connectivity index (χ4n) is 1.99. The maximum absolute atomic E-state index is 11.9. The number of imidazole rings is 1. The number of fused-ring (bicyclic) bond motifs is 1. The van der Waals surface area contributed by atoms with Gasteiger partial charge in [-0.1, -0.05) is 6.92 Å². The third-order valence-corrected chi connectivity index (χ3v) is 9.05. The summed E-state index contributed by atoms with van der Waals surface area (Å²) < 4.78 is 42.8. The van der Waals surface area contributed by atoms with E-state index in [1.54, 1.807) is 6.92 Å². The Bertz CT molecular complexity index is 1060. The third-order valence-electron chi connectivity index (χ3n) is 2.91. The lowest BCUT2D eigenvalue weighted by atomic mass is 10.4. The molecule has 2 heterocycles. The molecule has 2 aromatic rings. The second kappa shape index (κ2) is 8.36. The summed E-state index contributed by atoms with van der Waals surface area (Å²) in [5.41, 5.74) is 4.52. The number of anilines is 1. The van der Waals surface area contributed by atoms with Crippen LogP contribution < -0.4 is 11.3 Å². The predicted octanol–water partition coefficient (Wildman–Crippen LogP) is 0.193. The minimum Gasteiger partial charge on any atom is -0.369 e. The minimum absolute atomic E-state index is 0.0540. The van der Waals surface area contributed by atoms with Crippen LogP contribution in [0.15, 0.2) is 11.1 Å². The Labute approximate surface area is 160 Å². The topological polar surface area (TPSA) is 240 Å². The zero-order valence-electron chi connectivity index (χ0n) is 14.0. The lowest BCUT2D eigenvalue weighted by Crippen LogP contribution is -2.14. The summed E-state index contributed by atoms with van der Waals surface area (Å²) in [5.74, 6) is -0.114. The van der Waals surface area contributed by atoms with E-state index in [2.05, 4.69) is 23.6 Å². The van der Waals surface area contributed by atoms with Gasteiger partial charge in [-0.05, 0) is 0 Å². The SMILES string of the molecule is C[C@@H](Cn1cnc2c(=O)[nH]c(N)nc21)SCP(=O)(O)OP(=O)(O)OP(=O)(O)O. The molecule has 2 rings (SSSR count). The van der Waals surface area contributed by atoms with Crippen LogP contribution in [0, 0.1) is 0 Å². The van der Waals surface area contributed by atoms with Crippen LogP contribution in [0.1, 0.15) is 6.92 Å².